The van der Waals surface area contributed by atoms with Crippen LogP contribution in [0.4, 0.5) is 0 Å². The number of fused-ring (bicyclic) bond motifs is 3. The Morgan fingerprint density at radius 1 is 0.600 bits per heavy atom. The van der Waals surface area contributed by atoms with Crippen LogP contribution in [0.25, 0.3) is 10.9 Å². The molecule has 3 aromatic carbocycles. The largest absolute Gasteiger partial charge is 0.508 e. The molecule has 14 heteroatoms. The van der Waals surface area contributed by atoms with Crippen molar-refractivity contribution in [1.29, 1.82) is 0 Å². The number of carbonyl (C=O) groups is 6. The summed E-state index contributed by atoms with van der Waals surface area (Å²) in [5, 5.41) is 22.0. The van der Waals surface area contributed by atoms with Crippen LogP contribution in [0.15, 0.2) is 85.1 Å². The summed E-state index contributed by atoms with van der Waals surface area (Å²) in [5.41, 5.74) is 3.08. The molecular formula is C41H45N7O7. The lowest BCUT2D eigenvalue weighted by Gasteiger charge is -2.32. The molecular weight excluding hydrogens is 702 g/mol. The Kier molecular flexibility index (Phi) is 11.1. The zero-order valence-electron chi connectivity index (χ0n) is 30.3. The number of aromatic hydroxyl groups is 1. The molecule has 0 bridgehead atoms. The van der Waals surface area contributed by atoms with Gasteiger partial charge in [0, 0.05) is 49.5 Å². The number of para-hydroxylation sites is 1. The summed E-state index contributed by atoms with van der Waals surface area (Å²) >= 11 is 0. The van der Waals surface area contributed by atoms with Gasteiger partial charge in [-0.05, 0) is 60.6 Å². The third-order valence-electron chi connectivity index (χ3n) is 10.7. The molecule has 3 saturated heterocycles. The molecule has 286 valence electrons. The highest BCUT2D eigenvalue weighted by molar-refractivity contribution is 5.98. The monoisotopic (exact) mass is 747 g/mol. The zero-order chi connectivity index (χ0) is 38.5. The summed E-state index contributed by atoms with van der Waals surface area (Å²) in [7, 11) is 0. The van der Waals surface area contributed by atoms with Crippen LogP contribution < -0.4 is 21.3 Å². The van der Waals surface area contributed by atoms with Crippen molar-refractivity contribution < 1.29 is 33.9 Å². The Morgan fingerprint density at radius 3 is 1.89 bits per heavy atom. The van der Waals surface area contributed by atoms with Gasteiger partial charge in [0.15, 0.2) is 0 Å². The average molecular weight is 748 g/mol. The molecule has 0 unspecified atom stereocenters. The summed E-state index contributed by atoms with van der Waals surface area (Å²) in [6, 6.07) is 17.9. The molecule has 0 radical (unpaired) electrons. The van der Waals surface area contributed by atoms with E-state index in [1.54, 1.807) is 18.3 Å². The second kappa shape index (κ2) is 16.5. The third-order valence-corrected chi connectivity index (χ3v) is 10.7. The van der Waals surface area contributed by atoms with E-state index in [2.05, 4.69) is 26.3 Å². The fraction of sp³-hybridized carbons (Fsp3) is 0.366. The second-order valence-electron chi connectivity index (χ2n) is 14.5. The average Bonchev–Trinajstić information content (AvgIpc) is 3.97. The molecule has 6 amide bonds. The SMILES string of the molecule is O=C1CNC(=O)[C@@H]2CCCN2C(=O)[C@H](Cc2c[nH]c3ccccc23)NC(=O)[C@@H]2CCCN2C(=O)[C@H](Cc2ccc(O)cc2)NC(=O)[C@H](Cc2ccccc2)N1. The Balaban J connectivity index is 1.23. The maximum absolute atomic E-state index is 14.5. The molecule has 3 aliphatic heterocycles. The van der Waals surface area contributed by atoms with Gasteiger partial charge in [-0.1, -0.05) is 60.7 Å². The van der Waals surface area contributed by atoms with Crippen LogP contribution >= 0.6 is 0 Å². The highest BCUT2D eigenvalue weighted by atomic mass is 16.3. The lowest BCUT2D eigenvalue weighted by atomic mass is 10.0. The minimum atomic E-state index is -1.15. The van der Waals surface area contributed by atoms with Gasteiger partial charge in [0.1, 0.15) is 36.0 Å². The van der Waals surface area contributed by atoms with Crippen molar-refractivity contribution in [2.24, 2.45) is 0 Å². The summed E-state index contributed by atoms with van der Waals surface area (Å²) in [4.78, 5) is 90.4. The van der Waals surface area contributed by atoms with Crippen LogP contribution in [0.5, 0.6) is 5.75 Å². The van der Waals surface area contributed by atoms with E-state index < -0.39 is 72.2 Å². The number of benzene rings is 3. The molecule has 0 aliphatic carbocycles. The number of hydrogen-bond donors (Lipinski definition) is 6. The molecule has 0 spiro atoms. The molecule has 6 N–H and O–H groups in total. The summed E-state index contributed by atoms with van der Waals surface area (Å²) in [6.07, 6.45) is 3.86. The first kappa shape index (κ1) is 37.1. The van der Waals surface area contributed by atoms with E-state index in [0.29, 0.717) is 31.2 Å². The molecule has 1 aromatic heterocycles. The number of nitrogens with one attached hydrogen (secondary N) is 5. The fourth-order valence-electron chi connectivity index (χ4n) is 7.92. The standard InChI is InChI=1S/C41H45N7O7/c49-28-16-14-26(15-17-28)21-32-40(54)48-19-7-13-35(48)39(53)46-33(22-27-23-42-30-11-5-4-10-29(27)30)41(55)47-18-6-12-34(47)38(52)43-24-36(50)44-31(37(51)45-32)20-25-8-2-1-3-9-25/h1-5,8-11,14-17,23,31-35,42,49H,6-7,12-13,18-22,24H2,(H,43,52)(H,44,50)(H,45,51)(H,46,53)/t31-,32-,33-,34-,35-/m0/s1. The maximum atomic E-state index is 14.5. The molecule has 5 atom stereocenters. The van der Waals surface area contributed by atoms with E-state index in [-0.39, 0.29) is 38.1 Å². The number of carbonyl (C=O) groups excluding carboxylic acids is 6. The predicted molar refractivity (Wildman–Crippen MR) is 202 cm³/mol. The van der Waals surface area contributed by atoms with Crippen molar-refractivity contribution in [3.05, 3.63) is 102 Å². The third kappa shape index (κ3) is 8.48. The number of rotatable bonds is 6. The van der Waals surface area contributed by atoms with Crippen LogP contribution in [0.3, 0.4) is 0 Å². The van der Waals surface area contributed by atoms with Crippen molar-refractivity contribution in [3.8, 4) is 5.75 Å². The van der Waals surface area contributed by atoms with E-state index in [0.717, 1.165) is 22.0 Å². The Hall–Kier alpha value is -6.18. The number of phenols is 1. The van der Waals surface area contributed by atoms with Crippen LogP contribution in [0.1, 0.15) is 42.4 Å². The van der Waals surface area contributed by atoms with E-state index in [1.807, 2.05) is 54.6 Å². The van der Waals surface area contributed by atoms with Gasteiger partial charge in [-0.15, -0.1) is 0 Å². The Bertz CT molecular complexity index is 2070. The number of nitrogens with zero attached hydrogens (tertiary/aromatic N) is 2. The summed E-state index contributed by atoms with van der Waals surface area (Å²) in [6.45, 7) is 0.0882. The molecule has 3 fully saturated rings. The number of aromatic amines is 1. The van der Waals surface area contributed by atoms with Crippen molar-refractivity contribution >= 4 is 46.3 Å². The van der Waals surface area contributed by atoms with E-state index in [9.17, 15) is 33.9 Å². The summed E-state index contributed by atoms with van der Waals surface area (Å²) in [5.74, 6) is -3.14. The molecule has 3 aliphatic rings. The molecule has 4 aromatic rings. The van der Waals surface area contributed by atoms with Gasteiger partial charge in [0.25, 0.3) is 0 Å². The number of hydrogen-bond acceptors (Lipinski definition) is 7. The van der Waals surface area contributed by atoms with Crippen molar-refractivity contribution in [2.45, 2.75) is 75.2 Å². The van der Waals surface area contributed by atoms with E-state index >= 15 is 0 Å². The number of amides is 6. The van der Waals surface area contributed by atoms with E-state index in [1.165, 1.54) is 21.9 Å². The first-order chi connectivity index (χ1) is 26.6. The number of phenolic OH excluding ortho intramolecular Hbond substituents is 1. The Morgan fingerprint density at radius 2 is 1.18 bits per heavy atom. The van der Waals surface area contributed by atoms with Crippen LogP contribution in [-0.2, 0) is 48.0 Å². The lowest BCUT2D eigenvalue weighted by molar-refractivity contribution is -0.144. The van der Waals surface area contributed by atoms with Crippen molar-refractivity contribution in [3.63, 3.8) is 0 Å². The first-order valence-electron chi connectivity index (χ1n) is 18.8. The van der Waals surface area contributed by atoms with Crippen molar-refractivity contribution in [2.75, 3.05) is 19.6 Å². The smallest absolute Gasteiger partial charge is 0.246 e. The zero-order valence-corrected chi connectivity index (χ0v) is 30.3. The predicted octanol–water partition coefficient (Wildman–Crippen LogP) is 1.47. The van der Waals surface area contributed by atoms with Gasteiger partial charge >= 0.3 is 0 Å². The topological polar surface area (TPSA) is 193 Å². The quantitative estimate of drug-likeness (QED) is 0.172. The molecule has 0 saturated carbocycles. The highest BCUT2D eigenvalue weighted by Gasteiger charge is 2.42. The molecule has 55 heavy (non-hydrogen) atoms. The molecule has 4 heterocycles. The van der Waals surface area contributed by atoms with Gasteiger partial charge in [-0.3, -0.25) is 28.8 Å². The van der Waals surface area contributed by atoms with Gasteiger partial charge in [0.05, 0.1) is 6.54 Å². The lowest BCUT2D eigenvalue weighted by Crippen LogP contribution is -2.60. The van der Waals surface area contributed by atoms with Crippen LogP contribution in [0.2, 0.25) is 0 Å². The highest BCUT2D eigenvalue weighted by Crippen LogP contribution is 2.25. The Labute approximate surface area is 318 Å². The number of aromatic nitrogens is 1. The molecule has 14 nitrogen and oxygen atoms in total. The van der Waals surface area contributed by atoms with Gasteiger partial charge in [0.2, 0.25) is 35.4 Å². The van der Waals surface area contributed by atoms with Crippen molar-refractivity contribution in [1.82, 2.24) is 36.1 Å². The minimum absolute atomic E-state index is 0.0369. The fourth-order valence-corrected chi connectivity index (χ4v) is 7.92. The summed E-state index contributed by atoms with van der Waals surface area (Å²) < 4.78 is 0. The minimum Gasteiger partial charge on any atom is -0.508 e. The second-order valence-corrected chi connectivity index (χ2v) is 14.5. The molecule has 7 rings (SSSR count). The van der Waals surface area contributed by atoms with Gasteiger partial charge in [-0.2, -0.15) is 0 Å². The maximum Gasteiger partial charge on any atom is 0.246 e. The van der Waals surface area contributed by atoms with E-state index in [4.69, 9.17) is 0 Å². The normalized spacial score (nSPS) is 24.3. The number of H-pyrrole nitrogens is 1. The van der Waals surface area contributed by atoms with Gasteiger partial charge < -0.3 is 41.2 Å². The van der Waals surface area contributed by atoms with Gasteiger partial charge in [-0.25, -0.2) is 0 Å². The van der Waals surface area contributed by atoms with Crippen LogP contribution in [-0.4, -0.2) is 105 Å². The first-order valence-corrected chi connectivity index (χ1v) is 18.8. The van der Waals surface area contributed by atoms with Crippen LogP contribution in [0, 0.1) is 0 Å².